The number of hydrogen-bond donors (Lipinski definition) is 1. The smallest absolute Gasteiger partial charge is 0.333 e. The zero-order valence-electron chi connectivity index (χ0n) is 19.5. The predicted octanol–water partition coefficient (Wildman–Crippen LogP) is 2.38. The molecule has 8 nitrogen and oxygen atoms in total. The fourth-order valence-corrected chi connectivity index (χ4v) is 7.72. The van der Waals surface area contributed by atoms with Crippen molar-refractivity contribution in [2.45, 2.75) is 64.8 Å². The summed E-state index contributed by atoms with van der Waals surface area (Å²) in [6, 6.07) is 0. The van der Waals surface area contributed by atoms with Crippen LogP contribution in [0.1, 0.15) is 52.9 Å². The summed E-state index contributed by atoms with van der Waals surface area (Å²) in [6.07, 6.45) is 3.64. The van der Waals surface area contributed by atoms with Crippen molar-refractivity contribution >= 4 is 17.9 Å². The highest BCUT2D eigenvalue weighted by Crippen LogP contribution is 2.67. The van der Waals surface area contributed by atoms with Gasteiger partial charge in [-0.15, -0.1) is 0 Å². The highest BCUT2D eigenvalue weighted by atomic mass is 16.7. The molecule has 32 heavy (non-hydrogen) atoms. The van der Waals surface area contributed by atoms with Crippen LogP contribution in [0.4, 0.5) is 0 Å². The standard InChI is InChI=1S/C24H34O8/c1-13-15-9-18(26)20-22(3,21(28)29-4)7-6-8-23(20,12-31-14(2)25)17(15)11-24(30-5)16(13)10-19(27)32-24/h10,13,15,17-18,20,26H,6-9,11-12H2,1-5H3/t13-,15+,17+,18-,20+,22-,23+,24-/m1/s1. The summed E-state index contributed by atoms with van der Waals surface area (Å²) in [5, 5.41) is 11.5. The van der Waals surface area contributed by atoms with Gasteiger partial charge in [-0.05, 0) is 43.9 Å². The van der Waals surface area contributed by atoms with Gasteiger partial charge >= 0.3 is 17.9 Å². The lowest BCUT2D eigenvalue weighted by atomic mass is 9.41. The minimum Gasteiger partial charge on any atom is -0.469 e. The van der Waals surface area contributed by atoms with Gasteiger partial charge in [-0.25, -0.2) is 4.79 Å². The Balaban J connectivity index is 1.85. The normalized spacial score (nSPS) is 45.0. The quantitative estimate of drug-likeness (QED) is 0.514. The van der Waals surface area contributed by atoms with Crippen molar-refractivity contribution in [2.24, 2.45) is 34.5 Å². The third-order valence-corrected chi connectivity index (χ3v) is 8.92. The molecule has 1 heterocycles. The average Bonchev–Trinajstić information content (AvgIpc) is 3.10. The minimum absolute atomic E-state index is 0.0285. The summed E-state index contributed by atoms with van der Waals surface area (Å²) in [5.41, 5.74) is -0.787. The predicted molar refractivity (Wildman–Crippen MR) is 112 cm³/mol. The van der Waals surface area contributed by atoms with Gasteiger partial charge < -0.3 is 24.1 Å². The van der Waals surface area contributed by atoms with Crippen molar-refractivity contribution in [3.05, 3.63) is 11.6 Å². The Bertz CT molecular complexity index is 851. The van der Waals surface area contributed by atoms with Gasteiger partial charge in [0.2, 0.25) is 5.79 Å². The van der Waals surface area contributed by atoms with Crippen molar-refractivity contribution in [1.29, 1.82) is 0 Å². The molecular weight excluding hydrogens is 416 g/mol. The largest absolute Gasteiger partial charge is 0.469 e. The summed E-state index contributed by atoms with van der Waals surface area (Å²) >= 11 is 0. The van der Waals surface area contributed by atoms with Crippen molar-refractivity contribution < 1.29 is 38.4 Å². The van der Waals surface area contributed by atoms with Gasteiger partial charge in [0.25, 0.3) is 0 Å². The summed E-state index contributed by atoms with van der Waals surface area (Å²) in [5.74, 6) is -2.94. The Morgan fingerprint density at radius 2 is 2.00 bits per heavy atom. The van der Waals surface area contributed by atoms with E-state index >= 15 is 0 Å². The number of ether oxygens (including phenoxy) is 4. The molecule has 0 spiro atoms. The number of esters is 3. The molecule has 0 saturated heterocycles. The molecule has 0 amide bonds. The van der Waals surface area contributed by atoms with Crippen LogP contribution in [-0.2, 0) is 33.3 Å². The van der Waals surface area contributed by atoms with Gasteiger partial charge in [-0.3, -0.25) is 9.59 Å². The topological polar surface area (TPSA) is 108 Å². The molecule has 0 aromatic carbocycles. The molecule has 4 aliphatic rings. The maximum absolute atomic E-state index is 13.0. The van der Waals surface area contributed by atoms with E-state index in [2.05, 4.69) is 0 Å². The molecule has 3 saturated carbocycles. The van der Waals surface area contributed by atoms with Crippen LogP contribution in [0.15, 0.2) is 11.6 Å². The summed E-state index contributed by atoms with van der Waals surface area (Å²) in [6.45, 7) is 5.35. The second kappa shape index (κ2) is 7.83. The van der Waals surface area contributed by atoms with Crippen LogP contribution < -0.4 is 0 Å². The first-order valence-corrected chi connectivity index (χ1v) is 11.4. The molecule has 0 unspecified atom stereocenters. The van der Waals surface area contributed by atoms with Crippen molar-refractivity contribution in [2.75, 3.05) is 20.8 Å². The first kappa shape index (κ1) is 23.2. The van der Waals surface area contributed by atoms with E-state index in [-0.39, 0.29) is 30.3 Å². The number of fused-ring (bicyclic) bond motifs is 4. The number of carbonyl (C=O) groups excluding carboxylic acids is 3. The monoisotopic (exact) mass is 450 g/mol. The van der Waals surface area contributed by atoms with Crippen LogP contribution in [0.2, 0.25) is 0 Å². The zero-order chi connectivity index (χ0) is 23.5. The number of aliphatic hydroxyl groups excluding tert-OH is 1. The number of methoxy groups -OCH3 is 2. The third kappa shape index (κ3) is 3.13. The Hall–Kier alpha value is -1.93. The van der Waals surface area contributed by atoms with E-state index in [4.69, 9.17) is 18.9 Å². The molecule has 4 rings (SSSR count). The van der Waals surface area contributed by atoms with Gasteiger partial charge in [0.15, 0.2) is 0 Å². The van der Waals surface area contributed by atoms with Crippen LogP contribution in [0.3, 0.4) is 0 Å². The summed E-state index contributed by atoms with van der Waals surface area (Å²) in [4.78, 5) is 37.1. The fraction of sp³-hybridized carbons (Fsp3) is 0.792. The molecule has 8 atom stereocenters. The van der Waals surface area contributed by atoms with Gasteiger partial charge in [0.1, 0.15) is 0 Å². The fourth-order valence-electron chi connectivity index (χ4n) is 7.72. The van der Waals surface area contributed by atoms with E-state index in [1.54, 1.807) is 0 Å². The molecule has 3 fully saturated rings. The number of hydrogen-bond acceptors (Lipinski definition) is 8. The van der Waals surface area contributed by atoms with Crippen molar-refractivity contribution in [3.8, 4) is 0 Å². The first-order chi connectivity index (χ1) is 15.0. The molecule has 1 aliphatic heterocycles. The van der Waals surface area contributed by atoms with E-state index < -0.39 is 40.6 Å². The van der Waals surface area contributed by atoms with E-state index in [0.717, 1.165) is 12.0 Å². The average molecular weight is 451 g/mol. The van der Waals surface area contributed by atoms with E-state index in [1.807, 2.05) is 13.8 Å². The highest BCUT2D eigenvalue weighted by Gasteiger charge is 2.69. The highest BCUT2D eigenvalue weighted by molar-refractivity contribution is 5.86. The molecule has 0 bridgehead atoms. The van der Waals surface area contributed by atoms with Crippen LogP contribution in [0, 0.1) is 34.5 Å². The molecule has 3 aliphatic carbocycles. The molecule has 178 valence electrons. The van der Waals surface area contributed by atoms with Gasteiger partial charge in [-0.2, -0.15) is 0 Å². The zero-order valence-corrected chi connectivity index (χ0v) is 19.5. The molecule has 1 N–H and O–H groups in total. The number of rotatable bonds is 4. The Morgan fingerprint density at radius 3 is 2.62 bits per heavy atom. The van der Waals surface area contributed by atoms with E-state index in [1.165, 1.54) is 27.2 Å². The second-order valence-electron chi connectivity index (χ2n) is 10.3. The van der Waals surface area contributed by atoms with Crippen LogP contribution >= 0.6 is 0 Å². The lowest BCUT2D eigenvalue weighted by molar-refractivity contribution is -0.256. The minimum atomic E-state index is -1.16. The molecule has 8 heteroatoms. The maximum atomic E-state index is 13.0. The maximum Gasteiger partial charge on any atom is 0.333 e. The number of aliphatic hydroxyl groups is 1. The van der Waals surface area contributed by atoms with Crippen molar-refractivity contribution in [1.82, 2.24) is 0 Å². The first-order valence-electron chi connectivity index (χ1n) is 11.4. The van der Waals surface area contributed by atoms with Gasteiger partial charge in [0, 0.05) is 43.4 Å². The molecule has 0 aromatic heterocycles. The summed E-state index contributed by atoms with van der Waals surface area (Å²) in [7, 11) is 2.90. The SMILES string of the molecule is COC(=O)[C@]1(C)CCC[C@@]2(COC(C)=O)[C@H]1[C@H](O)C[C@H]1[C@@H](C)C3=CC(=O)O[C@]3(OC)C[C@@H]12. The second-order valence-corrected chi connectivity index (χ2v) is 10.3. The van der Waals surface area contributed by atoms with Crippen LogP contribution in [0.5, 0.6) is 0 Å². The lowest BCUT2D eigenvalue weighted by Crippen LogP contribution is -2.66. The molecular formula is C24H34O8. The van der Waals surface area contributed by atoms with Crippen LogP contribution in [-0.4, -0.2) is 55.7 Å². The van der Waals surface area contributed by atoms with Crippen LogP contribution in [0.25, 0.3) is 0 Å². The molecule has 0 radical (unpaired) electrons. The Morgan fingerprint density at radius 1 is 1.28 bits per heavy atom. The van der Waals surface area contributed by atoms with E-state index in [0.29, 0.717) is 25.7 Å². The van der Waals surface area contributed by atoms with Gasteiger partial charge in [-0.1, -0.05) is 13.3 Å². The van der Waals surface area contributed by atoms with E-state index in [9.17, 15) is 19.5 Å². The number of carbonyl (C=O) groups is 3. The van der Waals surface area contributed by atoms with Crippen molar-refractivity contribution in [3.63, 3.8) is 0 Å². The molecule has 0 aromatic rings. The Kier molecular flexibility index (Phi) is 5.69. The third-order valence-electron chi connectivity index (χ3n) is 8.92. The lowest BCUT2D eigenvalue weighted by Gasteiger charge is -2.64. The summed E-state index contributed by atoms with van der Waals surface area (Å²) < 4.78 is 22.3. The van der Waals surface area contributed by atoms with Gasteiger partial charge in [0.05, 0.1) is 25.2 Å². The Labute approximate surface area is 188 Å².